The Balaban J connectivity index is 0.00000529. The molecule has 0 saturated carbocycles. The van der Waals surface area contributed by atoms with Crippen molar-refractivity contribution in [2.24, 2.45) is 5.41 Å². The maximum absolute atomic E-state index is 12.5. The summed E-state index contributed by atoms with van der Waals surface area (Å²) in [6.45, 7) is 6.56. The van der Waals surface area contributed by atoms with Gasteiger partial charge in [-0.3, -0.25) is 4.79 Å². The fourth-order valence-electron chi connectivity index (χ4n) is 2.22. The zero-order valence-electron chi connectivity index (χ0n) is 15.0. The van der Waals surface area contributed by atoms with E-state index in [2.05, 4.69) is 9.80 Å². The molecular weight excluding hydrogens is 411 g/mol. The third-order valence-corrected chi connectivity index (χ3v) is 4.37. The van der Waals surface area contributed by atoms with Crippen LogP contribution < -0.4 is 0 Å². The Labute approximate surface area is 166 Å². The SMILES string of the molecule is Br.CN(C)CCN(C)CC(C)(C)C(=O)/C=C/c1ccc(Cl)c(Cl)c1. The first-order chi connectivity index (χ1) is 10.6. The van der Waals surface area contributed by atoms with E-state index in [9.17, 15) is 4.79 Å². The average Bonchev–Trinajstić information content (AvgIpc) is 2.45. The number of hydrogen-bond acceptors (Lipinski definition) is 3. The molecule has 0 N–H and O–H groups in total. The van der Waals surface area contributed by atoms with Crippen molar-refractivity contribution in [1.29, 1.82) is 0 Å². The van der Waals surface area contributed by atoms with Gasteiger partial charge < -0.3 is 9.80 Å². The van der Waals surface area contributed by atoms with Gasteiger partial charge in [0.15, 0.2) is 5.78 Å². The first-order valence-electron chi connectivity index (χ1n) is 7.62. The molecule has 1 aromatic rings. The second-order valence-electron chi connectivity index (χ2n) is 6.80. The summed E-state index contributed by atoms with van der Waals surface area (Å²) in [5.41, 5.74) is 0.429. The van der Waals surface area contributed by atoms with E-state index in [0.717, 1.165) is 18.7 Å². The molecule has 0 spiro atoms. The van der Waals surface area contributed by atoms with Crippen LogP contribution in [0.2, 0.25) is 10.0 Å². The van der Waals surface area contributed by atoms with E-state index in [1.165, 1.54) is 0 Å². The monoisotopic (exact) mass is 436 g/mol. The minimum absolute atomic E-state index is 0. The van der Waals surface area contributed by atoms with Crippen molar-refractivity contribution < 1.29 is 4.79 Å². The maximum Gasteiger partial charge on any atom is 0.162 e. The molecule has 1 aromatic carbocycles. The lowest BCUT2D eigenvalue weighted by molar-refractivity contribution is -0.122. The van der Waals surface area contributed by atoms with Gasteiger partial charge in [-0.15, -0.1) is 17.0 Å². The van der Waals surface area contributed by atoms with E-state index in [-0.39, 0.29) is 22.8 Å². The van der Waals surface area contributed by atoms with Gasteiger partial charge in [-0.2, -0.15) is 0 Å². The van der Waals surface area contributed by atoms with Crippen LogP contribution in [0.4, 0.5) is 0 Å². The van der Waals surface area contributed by atoms with Crippen LogP contribution in [0.1, 0.15) is 19.4 Å². The van der Waals surface area contributed by atoms with Crippen LogP contribution >= 0.6 is 40.2 Å². The highest BCUT2D eigenvalue weighted by Gasteiger charge is 2.26. The lowest BCUT2D eigenvalue weighted by Crippen LogP contribution is -2.39. The average molecular weight is 438 g/mol. The Morgan fingerprint density at radius 1 is 1.12 bits per heavy atom. The summed E-state index contributed by atoms with van der Waals surface area (Å²) in [5, 5.41) is 1.00. The molecule has 0 heterocycles. The number of rotatable bonds is 8. The lowest BCUT2D eigenvalue weighted by atomic mass is 9.87. The number of ketones is 1. The third kappa shape index (κ3) is 8.13. The molecule has 0 bridgehead atoms. The molecule has 6 heteroatoms. The van der Waals surface area contributed by atoms with E-state index in [0.29, 0.717) is 16.6 Å². The molecular formula is C18H27BrCl2N2O. The van der Waals surface area contributed by atoms with Gasteiger partial charge in [0, 0.05) is 25.0 Å². The van der Waals surface area contributed by atoms with Gasteiger partial charge in [0.1, 0.15) is 0 Å². The van der Waals surface area contributed by atoms with Crippen molar-refractivity contribution in [1.82, 2.24) is 9.80 Å². The molecule has 3 nitrogen and oxygen atoms in total. The van der Waals surface area contributed by atoms with Gasteiger partial charge in [0.25, 0.3) is 0 Å². The van der Waals surface area contributed by atoms with Crippen molar-refractivity contribution in [2.75, 3.05) is 40.8 Å². The molecule has 0 unspecified atom stereocenters. The van der Waals surface area contributed by atoms with Crippen LogP contribution in [-0.2, 0) is 4.79 Å². The standard InChI is InChI=1S/C18H26Cl2N2O.BrH/c1-18(2,13-22(5)11-10-21(3)4)17(23)9-7-14-6-8-15(19)16(20)12-14;/h6-9,12H,10-11,13H2,1-5H3;1H/b9-7+;. The van der Waals surface area contributed by atoms with E-state index >= 15 is 0 Å². The highest BCUT2D eigenvalue weighted by Crippen LogP contribution is 2.24. The Bertz CT molecular complexity index is 574. The fraction of sp³-hybridized carbons (Fsp3) is 0.500. The molecule has 0 radical (unpaired) electrons. The number of allylic oxidation sites excluding steroid dienone is 1. The fourth-order valence-corrected chi connectivity index (χ4v) is 2.52. The normalized spacial score (nSPS) is 12.0. The largest absolute Gasteiger partial charge is 0.308 e. The smallest absolute Gasteiger partial charge is 0.162 e. The number of halogens is 3. The molecule has 0 amide bonds. The Morgan fingerprint density at radius 3 is 2.29 bits per heavy atom. The number of benzene rings is 1. The number of hydrogen-bond donors (Lipinski definition) is 0. The first kappa shape index (κ1) is 23.6. The van der Waals surface area contributed by atoms with Crippen LogP contribution in [0, 0.1) is 5.41 Å². The van der Waals surface area contributed by atoms with E-state index in [1.807, 2.05) is 41.1 Å². The highest BCUT2D eigenvalue weighted by molar-refractivity contribution is 8.93. The number of nitrogens with zero attached hydrogens (tertiary/aromatic N) is 2. The van der Waals surface area contributed by atoms with Gasteiger partial charge in [-0.25, -0.2) is 0 Å². The molecule has 24 heavy (non-hydrogen) atoms. The van der Waals surface area contributed by atoms with Crippen molar-refractivity contribution in [3.8, 4) is 0 Å². The summed E-state index contributed by atoms with van der Waals surface area (Å²) in [4.78, 5) is 16.8. The van der Waals surface area contributed by atoms with E-state index in [4.69, 9.17) is 23.2 Å². The summed E-state index contributed by atoms with van der Waals surface area (Å²) in [6.07, 6.45) is 3.41. The molecule has 0 aliphatic heterocycles. The predicted molar refractivity (Wildman–Crippen MR) is 111 cm³/mol. The number of likely N-dealkylation sites (N-methyl/N-ethyl adjacent to an activating group) is 2. The lowest BCUT2D eigenvalue weighted by Gasteiger charge is -2.28. The van der Waals surface area contributed by atoms with Gasteiger partial charge in [0.05, 0.1) is 10.0 Å². The molecule has 0 saturated heterocycles. The Kier molecular flexibility index (Phi) is 10.4. The predicted octanol–water partition coefficient (Wildman–Crippen LogP) is 4.67. The van der Waals surface area contributed by atoms with Gasteiger partial charge in [-0.1, -0.05) is 49.2 Å². The molecule has 0 atom stereocenters. The summed E-state index contributed by atoms with van der Waals surface area (Å²) in [6, 6.07) is 5.33. The second kappa shape index (κ2) is 10.6. The van der Waals surface area contributed by atoms with Crippen LogP contribution in [-0.4, -0.2) is 56.4 Å². The summed E-state index contributed by atoms with van der Waals surface area (Å²) < 4.78 is 0. The van der Waals surface area contributed by atoms with Gasteiger partial charge in [-0.05, 0) is 44.9 Å². The number of carbonyl (C=O) groups excluding carboxylic acids is 1. The molecule has 0 aliphatic rings. The third-order valence-electron chi connectivity index (χ3n) is 3.63. The maximum atomic E-state index is 12.5. The molecule has 0 fully saturated rings. The van der Waals surface area contributed by atoms with Crippen LogP contribution in [0.25, 0.3) is 6.08 Å². The molecule has 1 rings (SSSR count). The van der Waals surface area contributed by atoms with E-state index in [1.54, 1.807) is 24.3 Å². The van der Waals surface area contributed by atoms with Crippen molar-refractivity contribution in [3.63, 3.8) is 0 Å². The zero-order chi connectivity index (χ0) is 17.6. The zero-order valence-corrected chi connectivity index (χ0v) is 18.2. The molecule has 0 aliphatic carbocycles. The van der Waals surface area contributed by atoms with Crippen LogP contribution in [0.3, 0.4) is 0 Å². The van der Waals surface area contributed by atoms with Gasteiger partial charge >= 0.3 is 0 Å². The first-order valence-corrected chi connectivity index (χ1v) is 8.38. The summed E-state index contributed by atoms with van der Waals surface area (Å²) in [7, 11) is 6.13. The Hall–Kier alpha value is -0.390. The van der Waals surface area contributed by atoms with E-state index < -0.39 is 5.41 Å². The second-order valence-corrected chi connectivity index (χ2v) is 7.61. The minimum Gasteiger partial charge on any atom is -0.308 e. The van der Waals surface area contributed by atoms with Crippen molar-refractivity contribution >= 4 is 52.0 Å². The topological polar surface area (TPSA) is 23.6 Å². The molecule has 136 valence electrons. The van der Waals surface area contributed by atoms with Crippen LogP contribution in [0.5, 0.6) is 0 Å². The number of carbonyl (C=O) groups is 1. The Morgan fingerprint density at radius 2 is 1.75 bits per heavy atom. The quantitative estimate of drug-likeness (QED) is 0.552. The van der Waals surface area contributed by atoms with Crippen molar-refractivity contribution in [3.05, 3.63) is 39.9 Å². The molecule has 0 aromatic heterocycles. The van der Waals surface area contributed by atoms with Crippen LogP contribution in [0.15, 0.2) is 24.3 Å². The highest BCUT2D eigenvalue weighted by atomic mass is 79.9. The van der Waals surface area contributed by atoms with Crippen molar-refractivity contribution in [2.45, 2.75) is 13.8 Å². The van der Waals surface area contributed by atoms with Gasteiger partial charge in [0.2, 0.25) is 0 Å². The minimum atomic E-state index is -0.437. The summed E-state index contributed by atoms with van der Waals surface area (Å²) in [5.74, 6) is 0.0975. The summed E-state index contributed by atoms with van der Waals surface area (Å²) >= 11 is 11.9.